The molecule has 21 heavy (non-hydrogen) atoms. The summed E-state index contributed by atoms with van der Waals surface area (Å²) < 4.78 is 10.5. The predicted molar refractivity (Wildman–Crippen MR) is 75.9 cm³/mol. The van der Waals surface area contributed by atoms with Crippen molar-refractivity contribution < 1.29 is 9.26 Å². The number of nitrogens with one attached hydrogen (secondary N) is 1. The average Bonchev–Trinajstić information content (AvgIpc) is 3.17. The van der Waals surface area contributed by atoms with E-state index in [1.165, 1.54) is 0 Å². The molecule has 0 amide bonds. The van der Waals surface area contributed by atoms with Gasteiger partial charge in [-0.1, -0.05) is 19.0 Å². The first-order valence-electron chi connectivity index (χ1n) is 7.09. The first-order chi connectivity index (χ1) is 10.2. The van der Waals surface area contributed by atoms with Gasteiger partial charge in [0, 0.05) is 12.6 Å². The van der Waals surface area contributed by atoms with Crippen LogP contribution in [0.5, 0.6) is 5.88 Å². The van der Waals surface area contributed by atoms with E-state index in [2.05, 4.69) is 39.5 Å². The molecule has 1 aliphatic heterocycles. The van der Waals surface area contributed by atoms with Gasteiger partial charge in [-0.15, -0.1) is 10.2 Å². The van der Waals surface area contributed by atoms with Crippen molar-refractivity contribution in [2.75, 3.05) is 20.2 Å². The van der Waals surface area contributed by atoms with Crippen molar-refractivity contribution in [1.29, 1.82) is 0 Å². The van der Waals surface area contributed by atoms with Crippen LogP contribution in [0.4, 0.5) is 0 Å². The first kappa shape index (κ1) is 13.9. The van der Waals surface area contributed by atoms with Gasteiger partial charge in [-0.05, 0) is 24.9 Å². The molecule has 1 unspecified atom stereocenters. The monoisotopic (exact) mass is 289 g/mol. The SMILES string of the molecule is COc1ccc(-c2noc(C3(C(C)C)CCNC3)n2)nn1. The molecule has 1 aliphatic rings. The third kappa shape index (κ3) is 2.37. The van der Waals surface area contributed by atoms with Gasteiger partial charge in [0.1, 0.15) is 5.69 Å². The zero-order chi connectivity index (χ0) is 14.9. The molecule has 2 aromatic rings. The molecule has 0 aliphatic carbocycles. The Bertz CT molecular complexity index is 602. The maximum Gasteiger partial charge on any atom is 0.234 e. The Balaban J connectivity index is 1.91. The summed E-state index contributed by atoms with van der Waals surface area (Å²) >= 11 is 0. The summed E-state index contributed by atoms with van der Waals surface area (Å²) in [4.78, 5) is 4.55. The van der Waals surface area contributed by atoms with E-state index in [0.717, 1.165) is 19.5 Å². The molecular weight excluding hydrogens is 270 g/mol. The molecule has 0 aromatic carbocycles. The smallest absolute Gasteiger partial charge is 0.234 e. The number of ether oxygens (including phenoxy) is 1. The third-order valence-corrected chi connectivity index (χ3v) is 4.22. The molecule has 7 nitrogen and oxygen atoms in total. The van der Waals surface area contributed by atoms with Crippen molar-refractivity contribution >= 4 is 0 Å². The zero-order valence-corrected chi connectivity index (χ0v) is 12.5. The highest BCUT2D eigenvalue weighted by Crippen LogP contribution is 2.37. The van der Waals surface area contributed by atoms with E-state index in [0.29, 0.717) is 29.2 Å². The van der Waals surface area contributed by atoms with Crippen LogP contribution in [0.3, 0.4) is 0 Å². The van der Waals surface area contributed by atoms with Crippen molar-refractivity contribution in [2.45, 2.75) is 25.7 Å². The van der Waals surface area contributed by atoms with Crippen LogP contribution < -0.4 is 10.1 Å². The Kier molecular flexibility index (Phi) is 3.59. The van der Waals surface area contributed by atoms with Crippen LogP contribution in [0.25, 0.3) is 11.5 Å². The predicted octanol–water partition coefficient (Wildman–Crippen LogP) is 1.42. The number of hydrogen-bond donors (Lipinski definition) is 1. The quantitative estimate of drug-likeness (QED) is 0.911. The maximum atomic E-state index is 5.52. The van der Waals surface area contributed by atoms with E-state index in [4.69, 9.17) is 9.26 Å². The van der Waals surface area contributed by atoms with E-state index in [9.17, 15) is 0 Å². The standard InChI is InChI=1S/C14H19N5O2/c1-9(2)14(6-7-15-8-14)13-16-12(19-21-13)10-4-5-11(20-3)18-17-10/h4-5,9,15H,6-8H2,1-3H3. The van der Waals surface area contributed by atoms with E-state index in [1.807, 2.05) is 0 Å². The second kappa shape index (κ2) is 5.40. The Morgan fingerprint density at radius 3 is 2.76 bits per heavy atom. The normalized spacial score (nSPS) is 21.9. The van der Waals surface area contributed by atoms with Crippen LogP contribution in [-0.4, -0.2) is 40.5 Å². The average molecular weight is 289 g/mol. The second-order valence-electron chi connectivity index (χ2n) is 5.62. The highest BCUT2D eigenvalue weighted by molar-refractivity contribution is 5.47. The summed E-state index contributed by atoms with van der Waals surface area (Å²) in [6.07, 6.45) is 1.00. The largest absolute Gasteiger partial charge is 0.480 e. The fourth-order valence-corrected chi connectivity index (χ4v) is 2.71. The van der Waals surface area contributed by atoms with E-state index in [-0.39, 0.29) is 5.41 Å². The van der Waals surface area contributed by atoms with Crippen molar-refractivity contribution in [3.05, 3.63) is 18.0 Å². The van der Waals surface area contributed by atoms with Crippen LogP contribution in [0, 0.1) is 5.92 Å². The minimum Gasteiger partial charge on any atom is -0.480 e. The van der Waals surface area contributed by atoms with Crippen molar-refractivity contribution in [1.82, 2.24) is 25.7 Å². The van der Waals surface area contributed by atoms with Gasteiger partial charge in [0.05, 0.1) is 12.5 Å². The summed E-state index contributed by atoms with van der Waals surface area (Å²) in [6, 6.07) is 3.50. The molecule has 7 heteroatoms. The molecule has 1 N–H and O–H groups in total. The number of aromatic nitrogens is 4. The van der Waals surface area contributed by atoms with E-state index < -0.39 is 0 Å². The number of hydrogen-bond acceptors (Lipinski definition) is 7. The van der Waals surface area contributed by atoms with Crippen molar-refractivity contribution in [2.24, 2.45) is 5.92 Å². The Morgan fingerprint density at radius 2 is 2.19 bits per heavy atom. The van der Waals surface area contributed by atoms with Gasteiger partial charge in [0.2, 0.25) is 17.6 Å². The van der Waals surface area contributed by atoms with Crippen molar-refractivity contribution in [3.8, 4) is 17.4 Å². The molecule has 0 spiro atoms. The molecule has 0 bridgehead atoms. The summed E-state index contributed by atoms with van der Waals surface area (Å²) in [6.45, 7) is 6.20. The van der Waals surface area contributed by atoms with Gasteiger partial charge in [-0.3, -0.25) is 0 Å². The minimum absolute atomic E-state index is 0.0921. The summed E-state index contributed by atoms with van der Waals surface area (Å²) in [7, 11) is 1.55. The molecule has 3 heterocycles. The molecular formula is C14H19N5O2. The Hall–Kier alpha value is -2.02. The van der Waals surface area contributed by atoms with Gasteiger partial charge in [0.25, 0.3) is 0 Å². The molecule has 1 saturated heterocycles. The molecule has 1 atom stereocenters. The molecule has 1 fully saturated rings. The van der Waals surface area contributed by atoms with Gasteiger partial charge in [0.15, 0.2) is 0 Å². The van der Waals surface area contributed by atoms with Crippen LogP contribution in [0.1, 0.15) is 26.2 Å². The van der Waals surface area contributed by atoms with Crippen LogP contribution in [0.15, 0.2) is 16.7 Å². The fourth-order valence-electron chi connectivity index (χ4n) is 2.71. The highest BCUT2D eigenvalue weighted by atomic mass is 16.5. The van der Waals surface area contributed by atoms with Crippen molar-refractivity contribution in [3.63, 3.8) is 0 Å². The lowest BCUT2D eigenvalue weighted by Gasteiger charge is -2.27. The zero-order valence-electron chi connectivity index (χ0n) is 12.5. The lowest BCUT2D eigenvalue weighted by atomic mass is 9.76. The van der Waals surface area contributed by atoms with E-state index in [1.54, 1.807) is 19.2 Å². The van der Waals surface area contributed by atoms with Crippen LogP contribution in [-0.2, 0) is 5.41 Å². The lowest BCUT2D eigenvalue weighted by molar-refractivity contribution is 0.234. The Labute approximate surface area is 123 Å². The third-order valence-electron chi connectivity index (χ3n) is 4.22. The molecule has 0 radical (unpaired) electrons. The minimum atomic E-state index is -0.0921. The summed E-state index contributed by atoms with van der Waals surface area (Å²) in [5, 5.41) is 15.4. The van der Waals surface area contributed by atoms with Crippen LogP contribution in [0.2, 0.25) is 0 Å². The van der Waals surface area contributed by atoms with Gasteiger partial charge in [-0.25, -0.2) is 0 Å². The maximum absolute atomic E-state index is 5.52. The number of nitrogens with zero attached hydrogens (tertiary/aromatic N) is 4. The Morgan fingerprint density at radius 1 is 1.33 bits per heavy atom. The molecule has 0 saturated carbocycles. The molecule has 3 rings (SSSR count). The number of rotatable bonds is 4. The first-order valence-corrected chi connectivity index (χ1v) is 7.09. The second-order valence-corrected chi connectivity index (χ2v) is 5.62. The molecule has 112 valence electrons. The van der Waals surface area contributed by atoms with Crippen LogP contribution >= 0.6 is 0 Å². The summed E-state index contributed by atoms with van der Waals surface area (Å²) in [5.41, 5.74) is 0.487. The highest BCUT2D eigenvalue weighted by Gasteiger charge is 2.43. The van der Waals surface area contributed by atoms with Gasteiger partial charge in [-0.2, -0.15) is 4.98 Å². The summed E-state index contributed by atoms with van der Waals surface area (Å²) in [5.74, 6) is 2.02. The number of methoxy groups -OCH3 is 1. The van der Waals surface area contributed by atoms with Gasteiger partial charge < -0.3 is 14.6 Å². The topological polar surface area (TPSA) is 86.0 Å². The van der Waals surface area contributed by atoms with E-state index >= 15 is 0 Å². The molecule has 2 aromatic heterocycles. The fraction of sp³-hybridized carbons (Fsp3) is 0.571. The lowest BCUT2D eigenvalue weighted by Crippen LogP contribution is -2.35. The van der Waals surface area contributed by atoms with Gasteiger partial charge >= 0.3 is 0 Å².